The van der Waals surface area contributed by atoms with Crippen molar-refractivity contribution in [3.8, 4) is 0 Å². The number of hydrogen-bond acceptors (Lipinski definition) is 0. The zero-order valence-corrected chi connectivity index (χ0v) is 3.99. The van der Waals surface area contributed by atoms with Crippen molar-refractivity contribution in [2.24, 2.45) is 0 Å². The van der Waals surface area contributed by atoms with Gasteiger partial charge < -0.3 is 0 Å². The van der Waals surface area contributed by atoms with Crippen LogP contribution in [0.3, 0.4) is 0 Å². The summed E-state index contributed by atoms with van der Waals surface area (Å²) in [6.45, 7) is 4.31. The Kier molecular flexibility index (Phi) is 37.2. The zero-order valence-electron chi connectivity index (χ0n) is 3.99. The molecule has 0 unspecified atom stereocenters. The highest BCUT2D eigenvalue weighted by molar-refractivity contribution is 6.34. The summed E-state index contributed by atoms with van der Waals surface area (Å²) in [5.41, 5.74) is 0. The minimum atomic E-state index is 0. The second kappa shape index (κ2) is 16.6. The summed E-state index contributed by atoms with van der Waals surface area (Å²) >= 11 is 0. The highest BCUT2D eigenvalue weighted by atomic mass is 13.5. The van der Waals surface area contributed by atoms with Gasteiger partial charge in [0.05, 0.1) is 0 Å². The molecular formula is C6H18B. The molecule has 0 nitrogen and oxygen atoms in total. The van der Waals surface area contributed by atoms with Gasteiger partial charge in [0.15, 0.2) is 0 Å². The molecule has 0 spiro atoms. The molecule has 0 atom stereocenters. The van der Waals surface area contributed by atoms with Gasteiger partial charge in [-0.2, -0.15) is 0 Å². The fraction of sp³-hybridized carbons (Fsp3) is 1.00. The van der Waals surface area contributed by atoms with Crippen molar-refractivity contribution < 1.29 is 0 Å². The summed E-state index contributed by atoms with van der Waals surface area (Å²) in [5, 5.41) is 0. The van der Waals surface area contributed by atoms with E-state index in [1.165, 1.54) is 12.6 Å². The van der Waals surface area contributed by atoms with Gasteiger partial charge in [0.2, 0.25) is 0 Å². The fourth-order valence-corrected chi connectivity index (χ4v) is 0.289. The highest BCUT2D eigenvalue weighted by Crippen LogP contribution is 1.77. The molecule has 0 aliphatic carbocycles. The average Bonchev–Trinajstić information content (AvgIpc) is 1.41. The lowest BCUT2D eigenvalue weighted by Crippen LogP contribution is -1.76. The van der Waals surface area contributed by atoms with Crippen LogP contribution in [0.15, 0.2) is 0 Å². The van der Waals surface area contributed by atoms with Crippen LogP contribution in [0.1, 0.15) is 28.7 Å². The Bertz CT molecular complexity index is 11.7. The Morgan fingerprint density at radius 1 is 1.00 bits per heavy atom. The number of rotatable bonds is 2. The molecule has 0 heterocycles. The first-order valence-corrected chi connectivity index (χ1v) is 2.23. The van der Waals surface area contributed by atoms with Gasteiger partial charge in [-0.3, -0.25) is 0 Å². The lowest BCUT2D eigenvalue weighted by molar-refractivity contribution is 1.36. The van der Waals surface area contributed by atoms with Crippen LogP contribution in [-0.2, 0) is 0 Å². The molecule has 0 rings (SSSR count). The van der Waals surface area contributed by atoms with Crippen molar-refractivity contribution in [3.63, 3.8) is 0 Å². The second-order valence-electron chi connectivity index (χ2n) is 1.11. The smallest absolute Gasteiger partial charge is 0.0831 e. The maximum atomic E-state index is 2.25. The molecule has 0 saturated heterocycles. The first kappa shape index (κ1) is 15.7. The molecule has 0 aliphatic rings. The molecule has 0 aromatic heterocycles. The van der Waals surface area contributed by atoms with Crippen LogP contribution in [-0.4, -0.2) is 7.28 Å². The normalized spacial score (nSPS) is 5.43. The van der Waals surface area contributed by atoms with Gasteiger partial charge in [-0.05, 0) is 0 Å². The van der Waals surface area contributed by atoms with Crippen LogP contribution in [0, 0.1) is 0 Å². The summed E-state index contributed by atoms with van der Waals surface area (Å²) in [6.07, 6.45) is 2.44. The van der Waals surface area contributed by atoms with E-state index in [9.17, 15) is 0 Å². The van der Waals surface area contributed by atoms with E-state index >= 15 is 0 Å². The lowest BCUT2D eigenvalue weighted by Gasteiger charge is -1.75. The van der Waals surface area contributed by atoms with Gasteiger partial charge in [-0.25, -0.2) is 0 Å². The molecule has 0 aromatic rings. The Balaban J connectivity index is -0.0000000800. The second-order valence-corrected chi connectivity index (χ2v) is 1.11. The zero-order chi connectivity index (χ0) is 4.12. The van der Waals surface area contributed by atoms with Gasteiger partial charge >= 0.3 is 0 Å². The Labute approximate surface area is 49.6 Å². The molecule has 0 saturated carbocycles. The van der Waals surface area contributed by atoms with Crippen molar-refractivity contribution in [2.45, 2.75) is 41.3 Å². The van der Waals surface area contributed by atoms with E-state index < -0.39 is 0 Å². The summed E-state index contributed by atoms with van der Waals surface area (Å²) in [5.74, 6) is 0. The van der Waals surface area contributed by atoms with Gasteiger partial charge in [0.25, 0.3) is 0 Å². The third-order valence-corrected chi connectivity index (χ3v) is 0.577. The first-order chi connectivity index (χ1) is 2.41. The Morgan fingerprint density at radius 3 is 1.29 bits per heavy atom. The summed E-state index contributed by atoms with van der Waals surface area (Å²) < 4.78 is 0. The van der Waals surface area contributed by atoms with Crippen LogP contribution in [0.2, 0.25) is 12.6 Å². The van der Waals surface area contributed by atoms with Crippen molar-refractivity contribution in [1.82, 2.24) is 0 Å². The molecule has 1 radical (unpaired) electrons. The summed E-state index contributed by atoms with van der Waals surface area (Å²) in [7, 11) is 2.25. The Morgan fingerprint density at radius 2 is 1.29 bits per heavy atom. The van der Waals surface area contributed by atoms with E-state index in [0.29, 0.717) is 0 Å². The molecule has 0 fully saturated rings. The maximum absolute atomic E-state index is 2.25. The van der Waals surface area contributed by atoms with Gasteiger partial charge in [0.1, 0.15) is 7.28 Å². The van der Waals surface area contributed by atoms with Gasteiger partial charge in [-0.15, -0.1) is 0 Å². The third kappa shape index (κ3) is 23.5. The van der Waals surface area contributed by atoms with E-state index in [-0.39, 0.29) is 14.9 Å². The molecule has 1 heteroatoms. The predicted octanol–water partition coefficient (Wildman–Crippen LogP) is 2.84. The van der Waals surface area contributed by atoms with Crippen LogP contribution in [0.4, 0.5) is 0 Å². The molecule has 0 aliphatic heterocycles. The molecule has 45 valence electrons. The van der Waals surface area contributed by atoms with Crippen molar-refractivity contribution in [2.75, 3.05) is 0 Å². The SMILES string of the molecule is C.C.CC[B]CC. The topological polar surface area (TPSA) is 0 Å². The van der Waals surface area contributed by atoms with E-state index in [2.05, 4.69) is 21.1 Å². The fourth-order valence-electron chi connectivity index (χ4n) is 0.289. The van der Waals surface area contributed by atoms with Crippen LogP contribution < -0.4 is 0 Å². The monoisotopic (exact) mass is 101 g/mol. The summed E-state index contributed by atoms with van der Waals surface area (Å²) in [4.78, 5) is 0. The number of hydrogen-bond donors (Lipinski definition) is 0. The molecular weight excluding hydrogens is 82.9 g/mol. The van der Waals surface area contributed by atoms with Gasteiger partial charge in [0, 0.05) is 0 Å². The summed E-state index contributed by atoms with van der Waals surface area (Å²) in [6, 6.07) is 0. The quantitative estimate of drug-likeness (QED) is 0.469. The van der Waals surface area contributed by atoms with Gasteiger partial charge in [-0.1, -0.05) is 41.3 Å². The van der Waals surface area contributed by atoms with Crippen LogP contribution in [0.5, 0.6) is 0 Å². The predicted molar refractivity (Wildman–Crippen MR) is 40.2 cm³/mol. The maximum Gasteiger partial charge on any atom is 0.108 e. The van der Waals surface area contributed by atoms with Crippen molar-refractivity contribution >= 4 is 7.28 Å². The Hall–Kier alpha value is 0.0649. The molecule has 7 heavy (non-hydrogen) atoms. The van der Waals surface area contributed by atoms with E-state index in [1.807, 2.05) is 0 Å². The minimum absolute atomic E-state index is 0. The largest absolute Gasteiger partial charge is 0.108 e. The molecule has 0 N–H and O–H groups in total. The third-order valence-electron chi connectivity index (χ3n) is 0.577. The average molecular weight is 101 g/mol. The minimum Gasteiger partial charge on any atom is -0.0831 e. The van der Waals surface area contributed by atoms with E-state index in [0.717, 1.165) is 0 Å². The standard InChI is InChI=1S/C4H10B.2CH4/c1-3-5-4-2;;/h3-4H2,1-2H3;2*1H4. The lowest BCUT2D eigenvalue weighted by atomic mass is 9.73. The van der Waals surface area contributed by atoms with E-state index in [1.54, 1.807) is 0 Å². The van der Waals surface area contributed by atoms with Crippen molar-refractivity contribution in [1.29, 1.82) is 0 Å². The molecule has 0 amide bonds. The molecule has 0 aromatic carbocycles. The first-order valence-electron chi connectivity index (χ1n) is 2.23. The van der Waals surface area contributed by atoms with Crippen LogP contribution in [0.25, 0.3) is 0 Å². The van der Waals surface area contributed by atoms with Crippen molar-refractivity contribution in [3.05, 3.63) is 0 Å². The van der Waals surface area contributed by atoms with E-state index in [4.69, 9.17) is 0 Å². The highest BCUT2D eigenvalue weighted by Gasteiger charge is 1.72. The molecule has 0 bridgehead atoms. The van der Waals surface area contributed by atoms with Crippen LogP contribution >= 0.6 is 0 Å².